The standard InChI is InChI=1S/C12H17FN2O/c1-8(2)11(7-14)15-12(16)9-4-3-5-10(13)6-9/h3-6,8,11H,7,14H2,1-2H3,(H,15,16). The van der Waals surface area contributed by atoms with Gasteiger partial charge in [0.05, 0.1) is 0 Å². The van der Waals surface area contributed by atoms with E-state index < -0.39 is 5.82 Å². The van der Waals surface area contributed by atoms with Crippen LogP contribution in [0.4, 0.5) is 4.39 Å². The molecule has 3 N–H and O–H groups in total. The van der Waals surface area contributed by atoms with Crippen LogP contribution in [0.15, 0.2) is 24.3 Å². The number of hydrogen-bond donors (Lipinski definition) is 2. The number of benzene rings is 1. The predicted molar refractivity (Wildman–Crippen MR) is 61.5 cm³/mol. The minimum Gasteiger partial charge on any atom is -0.348 e. The van der Waals surface area contributed by atoms with Crippen molar-refractivity contribution in [1.29, 1.82) is 0 Å². The first-order valence-corrected chi connectivity index (χ1v) is 5.31. The van der Waals surface area contributed by atoms with Crippen LogP contribution in [0.3, 0.4) is 0 Å². The van der Waals surface area contributed by atoms with Gasteiger partial charge in [-0.25, -0.2) is 4.39 Å². The summed E-state index contributed by atoms with van der Waals surface area (Å²) in [6.45, 7) is 4.32. The van der Waals surface area contributed by atoms with Crippen LogP contribution in [0.25, 0.3) is 0 Å². The second-order valence-electron chi connectivity index (χ2n) is 4.07. The summed E-state index contributed by atoms with van der Waals surface area (Å²) >= 11 is 0. The van der Waals surface area contributed by atoms with E-state index in [1.807, 2.05) is 13.8 Å². The van der Waals surface area contributed by atoms with E-state index in [0.29, 0.717) is 12.1 Å². The SMILES string of the molecule is CC(C)C(CN)NC(=O)c1cccc(F)c1. The van der Waals surface area contributed by atoms with Crippen molar-refractivity contribution in [2.24, 2.45) is 11.7 Å². The van der Waals surface area contributed by atoms with Gasteiger partial charge in [0, 0.05) is 18.2 Å². The molecule has 0 radical (unpaired) electrons. The highest BCUT2D eigenvalue weighted by atomic mass is 19.1. The Morgan fingerprint density at radius 1 is 1.50 bits per heavy atom. The highest BCUT2D eigenvalue weighted by Gasteiger charge is 2.15. The molecule has 1 amide bonds. The molecule has 16 heavy (non-hydrogen) atoms. The fourth-order valence-electron chi connectivity index (χ4n) is 1.38. The summed E-state index contributed by atoms with van der Waals surface area (Å²) in [6, 6.07) is 5.52. The fourth-order valence-corrected chi connectivity index (χ4v) is 1.38. The number of hydrogen-bond acceptors (Lipinski definition) is 2. The van der Waals surface area contributed by atoms with Crippen LogP contribution in [0.1, 0.15) is 24.2 Å². The highest BCUT2D eigenvalue weighted by molar-refractivity contribution is 5.94. The molecule has 0 aliphatic heterocycles. The quantitative estimate of drug-likeness (QED) is 0.815. The summed E-state index contributed by atoms with van der Waals surface area (Å²) in [6.07, 6.45) is 0. The second-order valence-corrected chi connectivity index (χ2v) is 4.07. The third-order valence-corrected chi connectivity index (χ3v) is 2.46. The van der Waals surface area contributed by atoms with Gasteiger partial charge in [0.1, 0.15) is 5.82 Å². The number of nitrogens with two attached hydrogens (primary N) is 1. The zero-order chi connectivity index (χ0) is 12.1. The van der Waals surface area contributed by atoms with Crippen LogP contribution < -0.4 is 11.1 Å². The molecule has 0 aliphatic carbocycles. The maximum Gasteiger partial charge on any atom is 0.251 e. The van der Waals surface area contributed by atoms with Crippen molar-refractivity contribution in [2.45, 2.75) is 19.9 Å². The molecule has 0 aliphatic rings. The largest absolute Gasteiger partial charge is 0.348 e. The lowest BCUT2D eigenvalue weighted by molar-refractivity contribution is 0.0927. The number of carbonyl (C=O) groups excluding carboxylic acids is 1. The average molecular weight is 224 g/mol. The van der Waals surface area contributed by atoms with Gasteiger partial charge in [-0.2, -0.15) is 0 Å². The first-order valence-electron chi connectivity index (χ1n) is 5.31. The third-order valence-electron chi connectivity index (χ3n) is 2.46. The molecule has 0 bridgehead atoms. The lowest BCUT2D eigenvalue weighted by Gasteiger charge is -2.20. The van der Waals surface area contributed by atoms with E-state index in [4.69, 9.17) is 5.73 Å². The fraction of sp³-hybridized carbons (Fsp3) is 0.417. The molecule has 1 aromatic rings. The molecular formula is C12H17FN2O. The van der Waals surface area contributed by atoms with Crippen LogP contribution in [-0.2, 0) is 0 Å². The van der Waals surface area contributed by atoms with E-state index in [9.17, 15) is 9.18 Å². The van der Waals surface area contributed by atoms with Gasteiger partial charge in [0.2, 0.25) is 0 Å². The second kappa shape index (κ2) is 5.61. The van der Waals surface area contributed by atoms with Crippen molar-refractivity contribution in [3.8, 4) is 0 Å². The summed E-state index contributed by atoms with van der Waals surface area (Å²) in [5.74, 6) is -0.451. The topological polar surface area (TPSA) is 55.1 Å². The molecule has 1 rings (SSSR count). The van der Waals surface area contributed by atoms with Crippen molar-refractivity contribution >= 4 is 5.91 Å². The van der Waals surface area contributed by atoms with Crippen LogP contribution >= 0.6 is 0 Å². The molecule has 88 valence electrons. The molecule has 1 aromatic carbocycles. The van der Waals surface area contributed by atoms with Gasteiger partial charge < -0.3 is 11.1 Å². The molecule has 1 atom stereocenters. The summed E-state index contributed by atoms with van der Waals surface area (Å²) < 4.78 is 12.9. The smallest absolute Gasteiger partial charge is 0.251 e. The van der Waals surface area contributed by atoms with Gasteiger partial charge in [-0.1, -0.05) is 19.9 Å². The normalized spacial score (nSPS) is 12.6. The van der Waals surface area contributed by atoms with Gasteiger partial charge in [-0.05, 0) is 24.1 Å². The van der Waals surface area contributed by atoms with Gasteiger partial charge in [0.25, 0.3) is 5.91 Å². The van der Waals surface area contributed by atoms with E-state index in [1.165, 1.54) is 18.2 Å². The van der Waals surface area contributed by atoms with E-state index in [-0.39, 0.29) is 17.9 Å². The summed E-state index contributed by atoms with van der Waals surface area (Å²) in [7, 11) is 0. The molecule has 4 heteroatoms. The number of rotatable bonds is 4. The minimum absolute atomic E-state index is 0.0873. The summed E-state index contributed by atoms with van der Waals surface area (Å²) in [5, 5.41) is 2.78. The molecule has 0 aromatic heterocycles. The van der Waals surface area contributed by atoms with Crippen molar-refractivity contribution in [1.82, 2.24) is 5.32 Å². The molecular weight excluding hydrogens is 207 g/mol. The highest BCUT2D eigenvalue weighted by Crippen LogP contribution is 2.05. The van der Waals surface area contributed by atoms with Crippen molar-refractivity contribution in [3.05, 3.63) is 35.6 Å². The minimum atomic E-state index is -0.415. The molecule has 3 nitrogen and oxygen atoms in total. The predicted octanol–water partition coefficient (Wildman–Crippen LogP) is 1.54. The monoisotopic (exact) mass is 224 g/mol. The Morgan fingerprint density at radius 3 is 2.69 bits per heavy atom. The zero-order valence-corrected chi connectivity index (χ0v) is 9.53. The Bertz CT molecular complexity index is 366. The Kier molecular flexibility index (Phi) is 4.43. The lowest BCUT2D eigenvalue weighted by atomic mass is 10.0. The van der Waals surface area contributed by atoms with Crippen LogP contribution in [0, 0.1) is 11.7 Å². The maximum atomic E-state index is 12.9. The number of halogens is 1. The Labute approximate surface area is 94.8 Å². The van der Waals surface area contributed by atoms with Gasteiger partial charge in [0.15, 0.2) is 0 Å². The molecule has 1 unspecified atom stereocenters. The first kappa shape index (κ1) is 12.6. The van der Waals surface area contributed by atoms with Crippen LogP contribution in [-0.4, -0.2) is 18.5 Å². The zero-order valence-electron chi connectivity index (χ0n) is 9.53. The molecule has 0 heterocycles. The first-order chi connectivity index (χ1) is 7.54. The molecule has 0 saturated heterocycles. The number of carbonyl (C=O) groups is 1. The van der Waals surface area contributed by atoms with Gasteiger partial charge in [-0.3, -0.25) is 4.79 Å². The molecule has 0 fully saturated rings. The van der Waals surface area contributed by atoms with E-state index in [0.717, 1.165) is 0 Å². The number of nitrogens with one attached hydrogen (secondary N) is 1. The van der Waals surface area contributed by atoms with Gasteiger partial charge >= 0.3 is 0 Å². The van der Waals surface area contributed by atoms with E-state index in [1.54, 1.807) is 6.07 Å². The molecule has 0 spiro atoms. The van der Waals surface area contributed by atoms with Crippen LogP contribution in [0.5, 0.6) is 0 Å². The Morgan fingerprint density at radius 2 is 2.19 bits per heavy atom. The van der Waals surface area contributed by atoms with Gasteiger partial charge in [-0.15, -0.1) is 0 Å². The Balaban J connectivity index is 2.72. The maximum absolute atomic E-state index is 12.9. The van der Waals surface area contributed by atoms with Crippen molar-refractivity contribution < 1.29 is 9.18 Å². The lowest BCUT2D eigenvalue weighted by Crippen LogP contribution is -2.43. The molecule has 0 saturated carbocycles. The summed E-state index contributed by atoms with van der Waals surface area (Å²) in [5.41, 5.74) is 5.86. The van der Waals surface area contributed by atoms with Crippen molar-refractivity contribution in [2.75, 3.05) is 6.54 Å². The number of amides is 1. The average Bonchev–Trinajstić information content (AvgIpc) is 2.25. The van der Waals surface area contributed by atoms with Crippen LogP contribution in [0.2, 0.25) is 0 Å². The third kappa shape index (κ3) is 3.31. The summed E-state index contributed by atoms with van der Waals surface area (Å²) in [4.78, 5) is 11.7. The van der Waals surface area contributed by atoms with E-state index >= 15 is 0 Å². The van der Waals surface area contributed by atoms with Crippen molar-refractivity contribution in [3.63, 3.8) is 0 Å². The Hall–Kier alpha value is -1.42. The van der Waals surface area contributed by atoms with E-state index in [2.05, 4.69) is 5.32 Å².